The average Bonchev–Trinajstić information content (AvgIpc) is 2.62. The number of nitrogens with one attached hydrogen (secondary N) is 1. The van der Waals surface area contributed by atoms with Gasteiger partial charge in [-0.05, 0) is 38.1 Å². The highest BCUT2D eigenvalue weighted by molar-refractivity contribution is 7.91. The van der Waals surface area contributed by atoms with Gasteiger partial charge in [0, 0.05) is 11.6 Å². The first-order chi connectivity index (χ1) is 10.2. The van der Waals surface area contributed by atoms with Crippen molar-refractivity contribution in [1.29, 1.82) is 0 Å². The molecule has 1 aliphatic rings. The monoisotopic (exact) mass is 344 g/mol. The van der Waals surface area contributed by atoms with Gasteiger partial charge in [0.05, 0.1) is 23.6 Å². The molecule has 1 aliphatic heterocycles. The Labute approximate surface area is 136 Å². The van der Waals surface area contributed by atoms with Gasteiger partial charge in [-0.1, -0.05) is 23.7 Å². The van der Waals surface area contributed by atoms with Crippen LogP contribution in [0.2, 0.25) is 5.02 Å². The molecular weight excluding hydrogens is 324 g/mol. The molecule has 0 radical (unpaired) electrons. The van der Waals surface area contributed by atoms with Crippen LogP contribution < -0.4 is 5.32 Å². The van der Waals surface area contributed by atoms with Crippen LogP contribution in [-0.4, -0.2) is 49.9 Å². The second-order valence-corrected chi connectivity index (χ2v) is 8.87. The van der Waals surface area contributed by atoms with E-state index in [2.05, 4.69) is 5.32 Å². The second kappa shape index (κ2) is 6.56. The van der Waals surface area contributed by atoms with Gasteiger partial charge in [0.15, 0.2) is 9.84 Å². The maximum atomic E-state index is 12.1. The highest BCUT2D eigenvalue weighted by Gasteiger charge is 2.39. The van der Waals surface area contributed by atoms with Gasteiger partial charge in [0.2, 0.25) is 5.91 Å². The molecule has 0 bridgehead atoms. The van der Waals surface area contributed by atoms with Crippen molar-refractivity contribution in [2.75, 3.05) is 25.1 Å². The van der Waals surface area contributed by atoms with Crippen molar-refractivity contribution in [3.8, 4) is 0 Å². The summed E-state index contributed by atoms with van der Waals surface area (Å²) in [5, 5.41) is 3.52. The molecule has 7 heteroatoms. The van der Waals surface area contributed by atoms with Crippen molar-refractivity contribution < 1.29 is 13.2 Å². The van der Waals surface area contributed by atoms with Crippen LogP contribution in [0.1, 0.15) is 18.9 Å². The molecule has 1 saturated heterocycles. The molecule has 22 heavy (non-hydrogen) atoms. The summed E-state index contributed by atoms with van der Waals surface area (Å²) in [6.45, 7) is 2.59. The van der Waals surface area contributed by atoms with Crippen LogP contribution in [0.3, 0.4) is 0 Å². The molecular formula is C15H21ClN2O3S. The van der Waals surface area contributed by atoms with Gasteiger partial charge < -0.3 is 5.32 Å². The number of halogens is 1. The lowest BCUT2D eigenvalue weighted by atomic mass is 10.0. The summed E-state index contributed by atoms with van der Waals surface area (Å²) < 4.78 is 23.1. The lowest BCUT2D eigenvalue weighted by Crippen LogP contribution is -2.49. The van der Waals surface area contributed by atoms with Gasteiger partial charge in [-0.15, -0.1) is 0 Å². The quantitative estimate of drug-likeness (QED) is 0.878. The van der Waals surface area contributed by atoms with Gasteiger partial charge in [0.1, 0.15) is 0 Å². The van der Waals surface area contributed by atoms with E-state index in [0.29, 0.717) is 18.0 Å². The van der Waals surface area contributed by atoms with Gasteiger partial charge in [-0.25, -0.2) is 8.42 Å². The minimum Gasteiger partial charge on any atom is -0.349 e. The SMILES string of the molecule is CN(CC(=O)N[C@]1(C)CCS(=O)(=O)C1)Cc1cccc(Cl)c1. The van der Waals surface area contributed by atoms with Crippen LogP contribution in [0.15, 0.2) is 24.3 Å². The highest BCUT2D eigenvalue weighted by atomic mass is 35.5. The standard InChI is InChI=1S/C15H21ClN2O3S/c1-15(6-7-22(20,21)11-15)17-14(19)10-18(2)9-12-4-3-5-13(16)8-12/h3-5,8H,6-7,9-11H2,1-2H3,(H,17,19)/t15-/m1/s1. The van der Waals surface area contributed by atoms with Crippen molar-refractivity contribution in [2.45, 2.75) is 25.4 Å². The van der Waals surface area contributed by atoms with Gasteiger partial charge in [-0.3, -0.25) is 9.69 Å². The lowest BCUT2D eigenvalue weighted by Gasteiger charge is -2.25. The minimum absolute atomic E-state index is 0.0176. The zero-order chi connectivity index (χ0) is 16.4. The first kappa shape index (κ1) is 17.2. The van der Waals surface area contributed by atoms with Crippen LogP contribution in [-0.2, 0) is 21.2 Å². The van der Waals surface area contributed by atoms with Gasteiger partial charge >= 0.3 is 0 Å². The Morgan fingerprint density at radius 2 is 2.18 bits per heavy atom. The summed E-state index contributed by atoms with van der Waals surface area (Å²) in [7, 11) is -1.18. The summed E-state index contributed by atoms with van der Waals surface area (Å²) in [6, 6.07) is 7.49. The molecule has 1 amide bonds. The molecule has 1 fully saturated rings. The third-order valence-electron chi connectivity index (χ3n) is 3.70. The summed E-state index contributed by atoms with van der Waals surface area (Å²) >= 11 is 5.94. The molecule has 0 saturated carbocycles. The van der Waals surface area contributed by atoms with Crippen molar-refractivity contribution >= 4 is 27.3 Å². The topological polar surface area (TPSA) is 66.5 Å². The molecule has 1 heterocycles. The molecule has 5 nitrogen and oxygen atoms in total. The van der Waals surface area contributed by atoms with Crippen molar-refractivity contribution in [2.24, 2.45) is 0 Å². The number of benzene rings is 1. The molecule has 0 unspecified atom stereocenters. The summed E-state index contributed by atoms with van der Waals surface area (Å²) in [4.78, 5) is 14.0. The molecule has 1 atom stereocenters. The maximum Gasteiger partial charge on any atom is 0.234 e. The predicted molar refractivity (Wildman–Crippen MR) is 87.6 cm³/mol. The number of hydrogen-bond acceptors (Lipinski definition) is 4. The van der Waals surface area contributed by atoms with E-state index in [9.17, 15) is 13.2 Å². The Morgan fingerprint density at radius 3 is 2.77 bits per heavy atom. The maximum absolute atomic E-state index is 12.1. The zero-order valence-corrected chi connectivity index (χ0v) is 14.4. The Hall–Kier alpha value is -1.11. The smallest absolute Gasteiger partial charge is 0.234 e. The van der Waals surface area contributed by atoms with Gasteiger partial charge in [0.25, 0.3) is 0 Å². The highest BCUT2D eigenvalue weighted by Crippen LogP contribution is 2.22. The van der Waals surface area contributed by atoms with Crippen LogP contribution >= 0.6 is 11.6 Å². The molecule has 2 rings (SSSR count). The second-order valence-electron chi connectivity index (χ2n) is 6.25. The van der Waals surface area contributed by atoms with Crippen LogP contribution in [0.5, 0.6) is 0 Å². The predicted octanol–water partition coefficient (Wildman–Crippen LogP) is 1.47. The number of carbonyl (C=O) groups is 1. The first-order valence-electron chi connectivity index (χ1n) is 7.12. The fourth-order valence-corrected chi connectivity index (χ4v) is 5.04. The molecule has 0 aliphatic carbocycles. The Bertz CT molecular complexity index is 663. The number of carbonyl (C=O) groups excluding carboxylic acids is 1. The van der Waals surface area contributed by atoms with E-state index in [4.69, 9.17) is 11.6 Å². The molecule has 0 spiro atoms. The fourth-order valence-electron chi connectivity index (χ4n) is 2.73. The van der Waals surface area contributed by atoms with Crippen molar-refractivity contribution in [3.05, 3.63) is 34.9 Å². The van der Waals surface area contributed by atoms with E-state index in [1.165, 1.54) is 0 Å². The van der Waals surface area contributed by atoms with Crippen molar-refractivity contribution in [3.63, 3.8) is 0 Å². The van der Waals surface area contributed by atoms with E-state index >= 15 is 0 Å². The largest absolute Gasteiger partial charge is 0.349 e. The number of likely N-dealkylation sites (N-methyl/N-ethyl adjacent to an activating group) is 1. The van der Waals surface area contributed by atoms with E-state index in [1.807, 2.05) is 30.1 Å². The van der Waals surface area contributed by atoms with E-state index in [1.54, 1.807) is 13.0 Å². The van der Waals surface area contributed by atoms with Crippen LogP contribution in [0.25, 0.3) is 0 Å². The average molecular weight is 345 g/mol. The van der Waals surface area contributed by atoms with Crippen LogP contribution in [0, 0.1) is 0 Å². The number of nitrogens with zero attached hydrogens (tertiary/aromatic N) is 1. The third kappa shape index (κ3) is 4.97. The Balaban J connectivity index is 1.87. The molecule has 122 valence electrons. The third-order valence-corrected chi connectivity index (χ3v) is 5.84. The van der Waals surface area contributed by atoms with Crippen LogP contribution in [0.4, 0.5) is 0 Å². The lowest BCUT2D eigenvalue weighted by molar-refractivity contribution is -0.123. The Kier molecular flexibility index (Phi) is 5.14. The summed E-state index contributed by atoms with van der Waals surface area (Å²) in [5.74, 6) is -0.00423. The molecule has 1 aromatic rings. The number of rotatable bonds is 5. The summed E-state index contributed by atoms with van der Waals surface area (Å²) in [5.41, 5.74) is 0.379. The van der Waals surface area contributed by atoms with E-state index in [0.717, 1.165) is 5.56 Å². The minimum atomic E-state index is -3.02. The number of hydrogen-bond donors (Lipinski definition) is 1. The fraction of sp³-hybridized carbons (Fsp3) is 0.533. The molecule has 1 N–H and O–H groups in total. The number of sulfone groups is 1. The Morgan fingerprint density at radius 1 is 1.45 bits per heavy atom. The molecule has 0 aromatic heterocycles. The summed E-state index contributed by atoms with van der Waals surface area (Å²) in [6.07, 6.45) is 0.471. The van der Waals surface area contributed by atoms with Gasteiger partial charge in [-0.2, -0.15) is 0 Å². The van der Waals surface area contributed by atoms with Crippen molar-refractivity contribution in [1.82, 2.24) is 10.2 Å². The zero-order valence-electron chi connectivity index (χ0n) is 12.8. The number of amides is 1. The van der Waals surface area contributed by atoms with E-state index < -0.39 is 15.4 Å². The van der Waals surface area contributed by atoms with E-state index in [-0.39, 0.29) is 24.0 Å². The molecule has 1 aromatic carbocycles. The first-order valence-corrected chi connectivity index (χ1v) is 9.32. The normalized spacial score (nSPS) is 23.6.